The number of unbranched alkanes of at least 4 members (excludes halogenated alkanes) is 14. The lowest BCUT2D eigenvalue weighted by Gasteiger charge is -2.40. The van der Waals surface area contributed by atoms with Gasteiger partial charge in [-0.05, 0) is 88.2 Å². The average molecular weight is 765 g/mol. The Labute approximate surface area is 319 Å². The van der Waals surface area contributed by atoms with E-state index in [1.54, 1.807) is 0 Å². The fourth-order valence-corrected chi connectivity index (χ4v) is 8.52. The first-order chi connectivity index (χ1) is 24.8. The molecule has 0 bridgehead atoms. The zero-order valence-corrected chi connectivity index (χ0v) is 34.4. The molecule has 0 aliphatic carbocycles. The summed E-state index contributed by atoms with van der Waals surface area (Å²) in [5, 5.41) is 0. The van der Waals surface area contributed by atoms with E-state index in [1.165, 1.54) is 88.2 Å². The molecule has 8 nitrogen and oxygen atoms in total. The quantitative estimate of drug-likeness (QED) is 0.0409. The first-order valence-electron chi connectivity index (χ1n) is 20.4. The minimum absolute atomic E-state index is 0.305. The lowest BCUT2D eigenvalue weighted by Crippen LogP contribution is -2.55. The number of hydrogen-bond acceptors (Lipinski definition) is 6. The van der Waals surface area contributed by atoms with Crippen molar-refractivity contribution in [2.45, 2.75) is 128 Å². The Balaban J connectivity index is 1.82. The van der Waals surface area contributed by atoms with Crippen LogP contribution in [0.3, 0.4) is 0 Å². The van der Waals surface area contributed by atoms with Crippen molar-refractivity contribution in [3.63, 3.8) is 0 Å². The van der Waals surface area contributed by atoms with Gasteiger partial charge in [-0.25, -0.2) is 16.8 Å². The van der Waals surface area contributed by atoms with Gasteiger partial charge in [0.15, 0.2) is 0 Å². The van der Waals surface area contributed by atoms with Crippen molar-refractivity contribution in [1.82, 2.24) is 0 Å². The Kier molecular flexibility index (Phi) is 23.2. The predicted molar refractivity (Wildman–Crippen MR) is 214 cm³/mol. The first-order valence-corrected chi connectivity index (χ1v) is 23.6. The van der Waals surface area contributed by atoms with Crippen molar-refractivity contribution in [1.29, 1.82) is 0 Å². The summed E-state index contributed by atoms with van der Waals surface area (Å²) in [4.78, 5) is 0. The number of quaternary nitrogens is 2. The van der Waals surface area contributed by atoms with Crippen LogP contribution in [0.4, 0.5) is 0 Å². The summed E-state index contributed by atoms with van der Waals surface area (Å²) in [5.74, 6) is -0.610. The van der Waals surface area contributed by atoms with Gasteiger partial charge in [-0.2, -0.15) is 0 Å². The first kappa shape index (κ1) is 46.3. The molecule has 2 unspecified atom stereocenters. The van der Waals surface area contributed by atoms with Crippen molar-refractivity contribution in [2.24, 2.45) is 0 Å². The molecule has 0 radical (unpaired) electrons. The highest BCUT2D eigenvalue weighted by molar-refractivity contribution is 7.85. The van der Waals surface area contributed by atoms with Gasteiger partial charge in [-0.3, -0.25) is 0 Å². The van der Waals surface area contributed by atoms with Crippen LogP contribution < -0.4 is 0 Å². The summed E-state index contributed by atoms with van der Waals surface area (Å²) in [6.45, 7) is 5.62. The second kappa shape index (κ2) is 26.1. The number of aryl methyl sites for hydroxylation is 2. The number of nitrogens with zero attached hydrogens (tertiary/aromatic N) is 2. The van der Waals surface area contributed by atoms with Gasteiger partial charge in [0, 0.05) is 11.5 Å². The van der Waals surface area contributed by atoms with Crippen LogP contribution in [-0.2, 0) is 33.1 Å². The lowest BCUT2D eigenvalue weighted by molar-refractivity contribution is -0.964. The fraction of sp³-hybridized carbons (Fsp3) is 0.714. The molecule has 2 atom stereocenters. The van der Waals surface area contributed by atoms with E-state index in [1.807, 2.05) is 0 Å². The molecule has 0 amide bonds. The van der Waals surface area contributed by atoms with E-state index >= 15 is 0 Å². The maximum absolute atomic E-state index is 11.3. The summed E-state index contributed by atoms with van der Waals surface area (Å²) in [7, 11) is -3.86. The van der Waals surface area contributed by atoms with Gasteiger partial charge in [-0.15, -0.1) is 0 Å². The van der Waals surface area contributed by atoms with Crippen LogP contribution in [0.2, 0.25) is 0 Å². The van der Waals surface area contributed by atoms with E-state index in [4.69, 9.17) is 0 Å². The van der Waals surface area contributed by atoms with Crippen molar-refractivity contribution < 1.29 is 34.9 Å². The molecule has 0 saturated heterocycles. The molecule has 0 aliphatic heterocycles. The second-order valence-corrected chi connectivity index (χ2v) is 19.0. The van der Waals surface area contributed by atoms with Crippen LogP contribution in [0.25, 0.3) is 0 Å². The Bertz CT molecular complexity index is 1280. The molecule has 0 aromatic heterocycles. The van der Waals surface area contributed by atoms with Gasteiger partial charge >= 0.3 is 0 Å². The maximum atomic E-state index is 11.3. The molecule has 0 N–H and O–H groups in total. The van der Waals surface area contributed by atoms with Gasteiger partial charge in [0.25, 0.3) is 0 Å². The molecule has 0 aliphatic rings. The van der Waals surface area contributed by atoms with Crippen LogP contribution in [-0.4, -0.2) is 99.8 Å². The zero-order chi connectivity index (χ0) is 38.0. The highest BCUT2D eigenvalue weighted by Gasteiger charge is 2.28. The summed E-state index contributed by atoms with van der Waals surface area (Å²) in [6, 6.07) is 21.4. The van der Waals surface area contributed by atoms with E-state index in [0.29, 0.717) is 25.7 Å². The summed E-state index contributed by atoms with van der Waals surface area (Å²) in [5.41, 5.74) is 2.83. The van der Waals surface area contributed by atoms with E-state index in [0.717, 1.165) is 73.9 Å². The summed E-state index contributed by atoms with van der Waals surface area (Å²) < 4.78 is 69.2. The van der Waals surface area contributed by atoms with Crippen molar-refractivity contribution in [3.05, 3.63) is 71.8 Å². The van der Waals surface area contributed by atoms with Crippen LogP contribution in [0.5, 0.6) is 0 Å². The zero-order valence-electron chi connectivity index (χ0n) is 32.7. The molecule has 0 saturated carbocycles. The van der Waals surface area contributed by atoms with Gasteiger partial charge in [0.1, 0.15) is 13.1 Å². The van der Waals surface area contributed by atoms with E-state index < -0.39 is 20.2 Å². The molecule has 52 heavy (non-hydrogen) atoms. The fourth-order valence-electron chi connectivity index (χ4n) is 7.40. The van der Waals surface area contributed by atoms with Crippen LogP contribution >= 0.6 is 0 Å². The molecule has 0 heterocycles. The molecule has 298 valence electrons. The van der Waals surface area contributed by atoms with E-state index in [-0.39, 0.29) is 11.5 Å². The number of rotatable bonds is 33. The van der Waals surface area contributed by atoms with Gasteiger partial charge < -0.3 is 18.1 Å². The summed E-state index contributed by atoms with van der Waals surface area (Å²) >= 11 is 0. The second-order valence-electron chi connectivity index (χ2n) is 15.9. The molecule has 0 spiro atoms. The molecule has 10 heteroatoms. The van der Waals surface area contributed by atoms with Crippen LogP contribution in [0, 0.1) is 0 Å². The SMILES string of the molecule is C[N+](CCCCCCCCCc1ccccc1)(CCCCS(=O)(=O)[O-])CC[N+](C)(CCCCCCCCCc1ccccc1)CCCCS(=O)(=O)[O-]. The maximum Gasteiger partial charge on any atom is 0.128 e. The van der Waals surface area contributed by atoms with Gasteiger partial charge in [-0.1, -0.05) is 112 Å². The number of likely N-dealkylation sites (N-methyl/N-ethyl adjacent to an activating group) is 2. The monoisotopic (exact) mass is 764 g/mol. The topological polar surface area (TPSA) is 114 Å². The molecule has 2 aromatic carbocycles. The van der Waals surface area contributed by atoms with Crippen molar-refractivity contribution >= 4 is 20.2 Å². The molecule has 0 fully saturated rings. The Hall–Kier alpha value is -1.82. The third-order valence-electron chi connectivity index (χ3n) is 10.9. The standard InChI is InChI=1S/C42H72N2O6S2/c1-43(35-23-25-39-51(45,46)47,33-21-11-7-3-5-9-15-27-41-29-17-13-18-30-41)37-38-44(2,36-24-26-40-52(48,49)50)34-22-12-8-4-6-10-16-28-42-31-19-14-20-32-42/h13-14,17-20,29-32H,3-12,15-16,21-28,33-40H2,1-2H3. The summed E-state index contributed by atoms with van der Waals surface area (Å²) in [6.07, 6.45) is 21.6. The molecular weight excluding hydrogens is 693 g/mol. The molecule has 2 aromatic rings. The molecular formula is C42H72N2O6S2. The Morgan fingerprint density at radius 1 is 0.385 bits per heavy atom. The third kappa shape index (κ3) is 25.2. The predicted octanol–water partition coefficient (Wildman–Crippen LogP) is 8.48. The smallest absolute Gasteiger partial charge is 0.128 e. The van der Waals surface area contributed by atoms with E-state index in [2.05, 4.69) is 74.8 Å². The normalized spacial score (nSPS) is 14.6. The van der Waals surface area contributed by atoms with E-state index in [9.17, 15) is 25.9 Å². The Morgan fingerprint density at radius 2 is 0.654 bits per heavy atom. The largest absolute Gasteiger partial charge is 0.748 e. The molecule has 2 rings (SSSR count). The minimum Gasteiger partial charge on any atom is -0.748 e. The van der Waals surface area contributed by atoms with Crippen LogP contribution in [0.1, 0.15) is 127 Å². The van der Waals surface area contributed by atoms with Crippen molar-refractivity contribution in [2.75, 3.05) is 64.9 Å². The van der Waals surface area contributed by atoms with Gasteiger partial charge in [0.2, 0.25) is 0 Å². The highest BCUT2D eigenvalue weighted by Crippen LogP contribution is 2.18. The third-order valence-corrected chi connectivity index (χ3v) is 12.5. The number of hydrogen-bond donors (Lipinski definition) is 0. The van der Waals surface area contributed by atoms with Crippen LogP contribution in [0.15, 0.2) is 60.7 Å². The van der Waals surface area contributed by atoms with Gasteiger partial charge in [0.05, 0.1) is 60.5 Å². The minimum atomic E-state index is -4.21. The average Bonchev–Trinajstić information content (AvgIpc) is 3.10. The Morgan fingerprint density at radius 3 is 0.962 bits per heavy atom. The highest BCUT2D eigenvalue weighted by atomic mass is 32.2. The number of benzene rings is 2. The lowest BCUT2D eigenvalue weighted by atomic mass is 10.0. The van der Waals surface area contributed by atoms with Crippen molar-refractivity contribution in [3.8, 4) is 0 Å².